The van der Waals surface area contributed by atoms with Crippen LogP contribution in [0.4, 0.5) is 4.39 Å². The quantitative estimate of drug-likeness (QED) is 0.881. The van der Waals surface area contributed by atoms with E-state index in [-0.39, 0.29) is 35.8 Å². The number of halogens is 1. The minimum Gasteiger partial charge on any atom is -0.481 e. The zero-order valence-electron chi connectivity index (χ0n) is 15.6. The third-order valence-electron chi connectivity index (χ3n) is 5.60. The van der Waals surface area contributed by atoms with Crippen LogP contribution in [0, 0.1) is 5.82 Å². The highest BCUT2D eigenvalue weighted by atomic mass is 19.1. The summed E-state index contributed by atoms with van der Waals surface area (Å²) >= 11 is 0. The van der Waals surface area contributed by atoms with Crippen molar-refractivity contribution in [2.45, 2.75) is 43.8 Å². The Labute approximate surface area is 162 Å². The highest BCUT2D eigenvalue weighted by molar-refractivity contribution is 5.95. The molecule has 3 heterocycles. The van der Waals surface area contributed by atoms with Crippen molar-refractivity contribution in [3.05, 3.63) is 59.5 Å². The zero-order chi connectivity index (χ0) is 19.7. The van der Waals surface area contributed by atoms with Crippen LogP contribution in [-0.4, -0.2) is 46.9 Å². The van der Waals surface area contributed by atoms with E-state index >= 15 is 0 Å². The molecule has 2 aliphatic heterocycles. The number of hydrogen-bond acceptors (Lipinski definition) is 4. The standard InChI is InChI=1S/C21H22FN3O3/c1-28-19-9-4-14(12-23-19)21(27)25-17-7-8-18(25)11-16(10-17)24-20(26)13-2-5-15(22)6-3-13/h2-6,9,12,16-18H,7-8,10-11H2,1H3,(H,24,26)/t16?,17-,18+. The Kier molecular flexibility index (Phi) is 4.98. The Morgan fingerprint density at radius 1 is 1.07 bits per heavy atom. The van der Waals surface area contributed by atoms with E-state index < -0.39 is 0 Å². The minimum atomic E-state index is -0.366. The molecule has 1 N–H and O–H groups in total. The minimum absolute atomic E-state index is 0.00750. The number of methoxy groups -OCH3 is 1. The summed E-state index contributed by atoms with van der Waals surface area (Å²) in [5.41, 5.74) is 0.989. The number of nitrogens with zero attached hydrogens (tertiary/aromatic N) is 2. The molecule has 3 atom stereocenters. The van der Waals surface area contributed by atoms with Crippen molar-refractivity contribution in [2.75, 3.05) is 7.11 Å². The van der Waals surface area contributed by atoms with Gasteiger partial charge in [0.2, 0.25) is 5.88 Å². The number of ether oxygens (including phenoxy) is 1. The lowest BCUT2D eigenvalue weighted by Crippen LogP contribution is -2.52. The van der Waals surface area contributed by atoms with Crippen LogP contribution in [0.15, 0.2) is 42.6 Å². The van der Waals surface area contributed by atoms with Gasteiger partial charge in [-0.3, -0.25) is 9.59 Å². The number of piperidine rings is 1. The normalized spacial score (nSPS) is 23.4. The predicted molar refractivity (Wildman–Crippen MR) is 101 cm³/mol. The van der Waals surface area contributed by atoms with Gasteiger partial charge in [0.1, 0.15) is 5.82 Å². The zero-order valence-corrected chi connectivity index (χ0v) is 15.6. The van der Waals surface area contributed by atoms with Crippen LogP contribution in [-0.2, 0) is 0 Å². The van der Waals surface area contributed by atoms with Crippen LogP contribution in [0.3, 0.4) is 0 Å². The monoisotopic (exact) mass is 383 g/mol. The largest absolute Gasteiger partial charge is 0.481 e. The number of hydrogen-bond donors (Lipinski definition) is 1. The summed E-state index contributed by atoms with van der Waals surface area (Å²) in [5, 5.41) is 3.04. The molecular weight excluding hydrogens is 361 g/mol. The Morgan fingerprint density at radius 3 is 2.29 bits per heavy atom. The number of nitrogens with one attached hydrogen (secondary N) is 1. The molecule has 1 aromatic heterocycles. The predicted octanol–water partition coefficient (Wildman–Crippen LogP) is 2.79. The number of fused-ring (bicyclic) bond motifs is 2. The molecule has 7 heteroatoms. The molecule has 0 saturated carbocycles. The molecule has 2 fully saturated rings. The van der Waals surface area contributed by atoms with Crippen LogP contribution >= 0.6 is 0 Å². The Morgan fingerprint density at radius 2 is 1.71 bits per heavy atom. The fourth-order valence-corrected chi connectivity index (χ4v) is 4.27. The molecule has 146 valence electrons. The molecule has 1 unspecified atom stereocenters. The Hall–Kier alpha value is -2.96. The van der Waals surface area contributed by atoms with E-state index in [0.717, 1.165) is 25.7 Å². The van der Waals surface area contributed by atoms with E-state index in [1.54, 1.807) is 18.3 Å². The summed E-state index contributed by atoms with van der Waals surface area (Å²) in [6.45, 7) is 0. The summed E-state index contributed by atoms with van der Waals surface area (Å²) in [5.74, 6) is -0.120. The van der Waals surface area contributed by atoms with Crippen molar-refractivity contribution < 1.29 is 18.7 Å². The summed E-state index contributed by atoms with van der Waals surface area (Å²) < 4.78 is 18.1. The molecular formula is C21H22FN3O3. The van der Waals surface area contributed by atoms with Gasteiger partial charge >= 0.3 is 0 Å². The number of amides is 2. The van der Waals surface area contributed by atoms with Crippen LogP contribution in [0.5, 0.6) is 5.88 Å². The second-order valence-corrected chi connectivity index (χ2v) is 7.34. The second-order valence-electron chi connectivity index (χ2n) is 7.34. The number of rotatable bonds is 4. The first kappa shape index (κ1) is 18.4. The number of aromatic nitrogens is 1. The van der Waals surface area contributed by atoms with Crippen molar-refractivity contribution in [2.24, 2.45) is 0 Å². The molecule has 2 amide bonds. The second kappa shape index (κ2) is 7.58. The summed E-state index contributed by atoms with van der Waals surface area (Å²) in [4.78, 5) is 31.5. The van der Waals surface area contributed by atoms with Gasteiger partial charge < -0.3 is 15.0 Å². The van der Waals surface area contributed by atoms with Gasteiger partial charge in [0, 0.05) is 36.0 Å². The molecule has 2 aliphatic rings. The molecule has 2 saturated heterocycles. The average Bonchev–Trinajstić information content (AvgIpc) is 2.98. The van der Waals surface area contributed by atoms with Crippen molar-refractivity contribution in [1.29, 1.82) is 0 Å². The lowest BCUT2D eigenvalue weighted by molar-refractivity contribution is 0.0549. The lowest BCUT2D eigenvalue weighted by Gasteiger charge is -2.39. The number of benzene rings is 1. The van der Waals surface area contributed by atoms with Crippen LogP contribution in [0.25, 0.3) is 0 Å². The highest BCUT2D eigenvalue weighted by Crippen LogP contribution is 2.37. The Balaban J connectivity index is 1.41. The van der Waals surface area contributed by atoms with Crippen molar-refractivity contribution >= 4 is 11.8 Å². The molecule has 6 nitrogen and oxygen atoms in total. The molecule has 0 aliphatic carbocycles. The SMILES string of the molecule is COc1ccc(C(=O)N2[C@@H]3CC[C@H]2CC(NC(=O)c2ccc(F)cc2)C3)cn1. The van der Waals surface area contributed by atoms with Gasteiger partial charge in [-0.2, -0.15) is 0 Å². The third kappa shape index (κ3) is 3.56. The molecule has 4 rings (SSSR count). The van der Waals surface area contributed by atoms with Crippen LogP contribution in [0.2, 0.25) is 0 Å². The first-order valence-corrected chi connectivity index (χ1v) is 9.44. The van der Waals surface area contributed by atoms with Gasteiger partial charge in [-0.1, -0.05) is 0 Å². The van der Waals surface area contributed by atoms with E-state index in [4.69, 9.17) is 4.74 Å². The van der Waals surface area contributed by atoms with Gasteiger partial charge in [-0.25, -0.2) is 9.37 Å². The van der Waals surface area contributed by atoms with E-state index in [9.17, 15) is 14.0 Å². The van der Waals surface area contributed by atoms with Crippen molar-refractivity contribution in [3.8, 4) is 5.88 Å². The lowest BCUT2D eigenvalue weighted by atomic mass is 9.96. The summed E-state index contributed by atoms with van der Waals surface area (Å²) in [7, 11) is 1.54. The smallest absolute Gasteiger partial charge is 0.255 e. The summed E-state index contributed by atoms with van der Waals surface area (Å²) in [6.07, 6.45) is 4.85. The maximum Gasteiger partial charge on any atom is 0.255 e. The molecule has 28 heavy (non-hydrogen) atoms. The fourth-order valence-electron chi connectivity index (χ4n) is 4.27. The molecule has 2 bridgehead atoms. The van der Waals surface area contributed by atoms with E-state index in [0.29, 0.717) is 17.0 Å². The van der Waals surface area contributed by atoms with Gasteiger partial charge in [0.15, 0.2) is 0 Å². The van der Waals surface area contributed by atoms with E-state index in [1.807, 2.05) is 4.90 Å². The van der Waals surface area contributed by atoms with Gasteiger partial charge in [0.05, 0.1) is 12.7 Å². The first-order chi connectivity index (χ1) is 13.5. The highest BCUT2D eigenvalue weighted by Gasteiger charge is 2.43. The van der Waals surface area contributed by atoms with Crippen molar-refractivity contribution in [1.82, 2.24) is 15.2 Å². The van der Waals surface area contributed by atoms with Gasteiger partial charge in [-0.15, -0.1) is 0 Å². The summed E-state index contributed by atoms with van der Waals surface area (Å²) in [6, 6.07) is 9.15. The Bertz CT molecular complexity index is 855. The topological polar surface area (TPSA) is 71.5 Å². The van der Waals surface area contributed by atoms with E-state index in [2.05, 4.69) is 10.3 Å². The maximum absolute atomic E-state index is 13.0. The molecule has 0 spiro atoms. The van der Waals surface area contributed by atoms with Crippen molar-refractivity contribution in [3.63, 3.8) is 0 Å². The number of carbonyl (C=O) groups is 2. The average molecular weight is 383 g/mol. The van der Waals surface area contributed by atoms with Crippen LogP contribution < -0.4 is 10.1 Å². The van der Waals surface area contributed by atoms with E-state index in [1.165, 1.54) is 31.4 Å². The number of carbonyl (C=O) groups excluding carboxylic acids is 2. The molecule has 2 aromatic rings. The van der Waals surface area contributed by atoms with Gasteiger partial charge in [0.25, 0.3) is 11.8 Å². The number of pyridine rings is 1. The van der Waals surface area contributed by atoms with Gasteiger partial charge in [-0.05, 0) is 56.0 Å². The fraction of sp³-hybridized carbons (Fsp3) is 0.381. The molecule has 0 radical (unpaired) electrons. The first-order valence-electron chi connectivity index (χ1n) is 9.44. The maximum atomic E-state index is 13.0. The third-order valence-corrected chi connectivity index (χ3v) is 5.60. The molecule has 1 aromatic carbocycles. The van der Waals surface area contributed by atoms with Crippen LogP contribution in [0.1, 0.15) is 46.4 Å².